The molecule has 0 heterocycles. The number of nitrogens with one attached hydrogen (secondary N) is 1. The minimum absolute atomic E-state index is 0.00759. The Morgan fingerprint density at radius 2 is 2.05 bits per heavy atom. The molecular formula is C16H16N2O3. The second kappa shape index (κ2) is 6.53. The molecule has 2 rings (SSSR count). The van der Waals surface area contributed by atoms with E-state index in [9.17, 15) is 10.2 Å². The van der Waals surface area contributed by atoms with Gasteiger partial charge in [0.1, 0.15) is 23.3 Å². The lowest BCUT2D eigenvalue weighted by molar-refractivity contribution is 0.368. The molecule has 21 heavy (non-hydrogen) atoms. The first-order valence-electron chi connectivity index (χ1n) is 6.48. The number of phenols is 2. The van der Waals surface area contributed by atoms with Gasteiger partial charge in [-0.05, 0) is 37.3 Å². The van der Waals surface area contributed by atoms with Crippen molar-refractivity contribution in [3.05, 3.63) is 48.0 Å². The van der Waals surface area contributed by atoms with Crippen molar-refractivity contribution < 1.29 is 14.9 Å². The number of hydrogen-bond acceptors (Lipinski definition) is 5. The monoisotopic (exact) mass is 284 g/mol. The zero-order valence-corrected chi connectivity index (χ0v) is 11.6. The third-order valence-corrected chi connectivity index (χ3v) is 3.00. The van der Waals surface area contributed by atoms with Crippen LogP contribution in [0.25, 0.3) is 0 Å². The lowest BCUT2D eigenvalue weighted by atomic mass is 10.1. The van der Waals surface area contributed by atoms with Gasteiger partial charge in [-0.25, -0.2) is 0 Å². The van der Waals surface area contributed by atoms with E-state index in [1.165, 1.54) is 18.2 Å². The average molecular weight is 284 g/mol. The summed E-state index contributed by atoms with van der Waals surface area (Å²) in [5.41, 5.74) is 1.39. The molecule has 1 unspecified atom stereocenters. The SMILES string of the molecule is CC(Nc1cccc(OCC#N)c1)c1cc(O)ccc1O. The summed E-state index contributed by atoms with van der Waals surface area (Å²) in [7, 11) is 0. The van der Waals surface area contributed by atoms with Gasteiger partial charge < -0.3 is 20.3 Å². The molecule has 0 saturated carbocycles. The van der Waals surface area contributed by atoms with E-state index < -0.39 is 0 Å². The van der Waals surface area contributed by atoms with Gasteiger partial charge in [-0.1, -0.05) is 6.07 Å². The topological polar surface area (TPSA) is 85.5 Å². The number of nitrogens with zero attached hydrogens (tertiary/aromatic N) is 1. The third kappa shape index (κ3) is 3.80. The zero-order valence-electron chi connectivity index (χ0n) is 11.6. The van der Waals surface area contributed by atoms with E-state index in [2.05, 4.69) is 5.32 Å². The van der Waals surface area contributed by atoms with Crippen LogP contribution in [-0.4, -0.2) is 16.8 Å². The highest BCUT2D eigenvalue weighted by Crippen LogP contribution is 2.30. The number of aromatic hydroxyl groups is 2. The lowest BCUT2D eigenvalue weighted by Crippen LogP contribution is -2.07. The molecule has 5 nitrogen and oxygen atoms in total. The molecule has 0 aliphatic rings. The van der Waals surface area contributed by atoms with E-state index in [1.54, 1.807) is 12.1 Å². The van der Waals surface area contributed by atoms with Crippen molar-refractivity contribution in [2.45, 2.75) is 13.0 Å². The highest BCUT2D eigenvalue weighted by atomic mass is 16.5. The first kappa shape index (κ1) is 14.5. The Balaban J connectivity index is 2.14. The molecular weight excluding hydrogens is 268 g/mol. The van der Waals surface area contributed by atoms with E-state index >= 15 is 0 Å². The summed E-state index contributed by atoms with van der Waals surface area (Å²) >= 11 is 0. The molecule has 0 radical (unpaired) electrons. The van der Waals surface area contributed by atoms with Crippen molar-refractivity contribution in [3.63, 3.8) is 0 Å². The van der Waals surface area contributed by atoms with Crippen LogP contribution >= 0.6 is 0 Å². The van der Waals surface area contributed by atoms with Crippen LogP contribution in [0.4, 0.5) is 5.69 Å². The van der Waals surface area contributed by atoms with Crippen molar-refractivity contribution in [1.29, 1.82) is 5.26 Å². The quantitative estimate of drug-likeness (QED) is 0.734. The van der Waals surface area contributed by atoms with Crippen molar-refractivity contribution in [2.75, 3.05) is 11.9 Å². The van der Waals surface area contributed by atoms with Gasteiger partial charge in [0.15, 0.2) is 6.61 Å². The smallest absolute Gasteiger partial charge is 0.174 e. The van der Waals surface area contributed by atoms with E-state index in [4.69, 9.17) is 10.00 Å². The summed E-state index contributed by atoms with van der Waals surface area (Å²) in [6.07, 6.45) is 0. The fourth-order valence-corrected chi connectivity index (χ4v) is 2.01. The van der Waals surface area contributed by atoms with Crippen molar-refractivity contribution in [1.82, 2.24) is 0 Å². The van der Waals surface area contributed by atoms with Crippen LogP contribution in [0, 0.1) is 11.3 Å². The Bertz CT molecular complexity index is 665. The van der Waals surface area contributed by atoms with E-state index in [-0.39, 0.29) is 24.1 Å². The predicted molar refractivity (Wildman–Crippen MR) is 79.4 cm³/mol. The van der Waals surface area contributed by atoms with Crippen LogP contribution < -0.4 is 10.1 Å². The molecule has 2 aromatic carbocycles. The predicted octanol–water partition coefficient (Wildman–Crippen LogP) is 3.17. The van der Waals surface area contributed by atoms with Crippen LogP contribution in [-0.2, 0) is 0 Å². The minimum Gasteiger partial charge on any atom is -0.508 e. The van der Waals surface area contributed by atoms with Crippen LogP contribution in [0.3, 0.4) is 0 Å². The van der Waals surface area contributed by atoms with Gasteiger partial charge in [0, 0.05) is 17.3 Å². The summed E-state index contributed by atoms with van der Waals surface area (Å²) in [5, 5.41) is 31.1. The number of rotatable bonds is 5. The fraction of sp³-hybridized carbons (Fsp3) is 0.188. The van der Waals surface area contributed by atoms with Gasteiger partial charge in [0.25, 0.3) is 0 Å². The number of ether oxygens (including phenoxy) is 1. The largest absolute Gasteiger partial charge is 0.508 e. The Hall–Kier alpha value is -2.87. The van der Waals surface area contributed by atoms with Gasteiger partial charge in [-0.3, -0.25) is 0 Å². The highest BCUT2D eigenvalue weighted by molar-refractivity contribution is 5.51. The van der Waals surface area contributed by atoms with Crippen molar-refractivity contribution in [3.8, 4) is 23.3 Å². The molecule has 0 aliphatic heterocycles. The van der Waals surface area contributed by atoms with Gasteiger partial charge >= 0.3 is 0 Å². The van der Waals surface area contributed by atoms with Gasteiger partial charge in [0.05, 0.1) is 6.04 Å². The molecule has 0 saturated heterocycles. The van der Waals surface area contributed by atoms with Gasteiger partial charge in [-0.15, -0.1) is 0 Å². The first-order chi connectivity index (χ1) is 10.1. The molecule has 108 valence electrons. The molecule has 0 aliphatic carbocycles. The summed E-state index contributed by atoms with van der Waals surface area (Å²) in [6.45, 7) is 1.86. The number of hydrogen-bond donors (Lipinski definition) is 3. The van der Waals surface area contributed by atoms with Gasteiger partial charge in [0.2, 0.25) is 0 Å². The van der Waals surface area contributed by atoms with E-state index in [0.717, 1.165) is 5.69 Å². The lowest BCUT2D eigenvalue weighted by Gasteiger charge is -2.17. The van der Waals surface area contributed by atoms with E-state index in [0.29, 0.717) is 11.3 Å². The Morgan fingerprint density at radius 3 is 2.81 bits per heavy atom. The molecule has 0 fully saturated rings. The Kier molecular flexibility index (Phi) is 4.52. The first-order valence-corrected chi connectivity index (χ1v) is 6.48. The van der Waals surface area contributed by atoms with Crippen LogP contribution in [0.1, 0.15) is 18.5 Å². The van der Waals surface area contributed by atoms with Crippen LogP contribution in [0.5, 0.6) is 17.2 Å². The normalized spacial score (nSPS) is 11.4. The maximum absolute atomic E-state index is 9.84. The molecule has 2 aromatic rings. The van der Waals surface area contributed by atoms with Crippen molar-refractivity contribution >= 4 is 5.69 Å². The maximum atomic E-state index is 9.84. The zero-order chi connectivity index (χ0) is 15.2. The third-order valence-electron chi connectivity index (χ3n) is 3.00. The fourth-order valence-electron chi connectivity index (χ4n) is 2.01. The Labute approximate surface area is 123 Å². The molecule has 0 aromatic heterocycles. The molecule has 0 bridgehead atoms. The van der Waals surface area contributed by atoms with E-state index in [1.807, 2.05) is 25.1 Å². The minimum atomic E-state index is -0.205. The summed E-state index contributed by atoms with van der Waals surface area (Å²) < 4.78 is 5.24. The van der Waals surface area contributed by atoms with Crippen LogP contribution in [0.2, 0.25) is 0 Å². The molecule has 5 heteroatoms. The molecule has 0 spiro atoms. The molecule has 1 atom stereocenters. The summed E-state index contributed by atoms with van der Waals surface area (Å²) in [6, 6.07) is 13.3. The van der Waals surface area contributed by atoms with Crippen molar-refractivity contribution in [2.24, 2.45) is 0 Å². The van der Waals surface area contributed by atoms with Crippen LogP contribution in [0.15, 0.2) is 42.5 Å². The summed E-state index contributed by atoms with van der Waals surface area (Å²) in [4.78, 5) is 0. The molecule has 0 amide bonds. The second-order valence-corrected chi connectivity index (χ2v) is 4.58. The summed E-state index contributed by atoms with van der Waals surface area (Å²) in [5.74, 6) is 0.807. The number of benzene rings is 2. The maximum Gasteiger partial charge on any atom is 0.174 e. The standard InChI is InChI=1S/C16H16N2O3/c1-11(15-10-13(19)5-6-16(15)20)18-12-3-2-4-14(9-12)21-8-7-17/h2-6,9-11,18-20H,8H2,1H3. The molecule has 3 N–H and O–H groups in total. The Morgan fingerprint density at radius 1 is 1.24 bits per heavy atom. The average Bonchev–Trinajstić information content (AvgIpc) is 2.48. The number of nitriles is 1. The van der Waals surface area contributed by atoms with Gasteiger partial charge in [-0.2, -0.15) is 5.26 Å². The second-order valence-electron chi connectivity index (χ2n) is 4.58. The number of phenolic OH excluding ortho intramolecular Hbond substituents is 2. The highest BCUT2D eigenvalue weighted by Gasteiger charge is 2.11. The number of anilines is 1.